The average molecular weight is 490 g/mol. The van der Waals surface area contributed by atoms with Gasteiger partial charge < -0.3 is 4.84 Å². The third kappa shape index (κ3) is 6.57. The second kappa shape index (κ2) is 11.5. The summed E-state index contributed by atoms with van der Waals surface area (Å²) in [5.41, 5.74) is 2.72. The Bertz CT molecular complexity index is 1120. The van der Waals surface area contributed by atoms with Gasteiger partial charge in [-0.2, -0.15) is 4.31 Å². The Morgan fingerprint density at radius 2 is 1.50 bits per heavy atom. The van der Waals surface area contributed by atoms with Crippen LogP contribution in [0.5, 0.6) is 0 Å². The lowest BCUT2D eigenvalue weighted by Gasteiger charge is -2.27. The molecule has 1 aliphatic heterocycles. The summed E-state index contributed by atoms with van der Waals surface area (Å²) < 4.78 is 54.3. The average Bonchev–Trinajstić information content (AvgIpc) is 2.81. The van der Waals surface area contributed by atoms with Gasteiger partial charge in [-0.3, -0.25) is 0 Å². The van der Waals surface area contributed by atoms with Crippen LogP contribution in [0.15, 0.2) is 69.8 Å². The van der Waals surface area contributed by atoms with Gasteiger partial charge in [-0.15, -0.1) is 0 Å². The fourth-order valence-electron chi connectivity index (χ4n) is 3.53. The highest BCUT2D eigenvalue weighted by Gasteiger charge is 2.30. The standard InChI is InChI=1S/C25H29F2N3O3S/c1-4-5-24(28-18(2)3)34(31,32)30-16-14-23(15-17-30)29-33-25(19-6-10-21(26)11-7-19)20-8-12-22(27)13-9-20/h5-13,25H,4,14-17H2,1-3H3/b24-5+. The van der Waals surface area contributed by atoms with Crippen molar-refractivity contribution in [2.45, 2.75) is 46.1 Å². The zero-order valence-electron chi connectivity index (χ0n) is 19.5. The van der Waals surface area contributed by atoms with Gasteiger partial charge in [0.1, 0.15) is 11.6 Å². The SMILES string of the molecule is CC/C=C(\N=C(C)C)S(=O)(=O)N1CCC(=NOC(c2ccc(F)cc2)c2ccc(F)cc2)CC1. The van der Waals surface area contributed by atoms with E-state index >= 15 is 0 Å². The smallest absolute Gasteiger partial charge is 0.260 e. The van der Waals surface area contributed by atoms with Crippen LogP contribution in [0.25, 0.3) is 0 Å². The summed E-state index contributed by atoms with van der Waals surface area (Å²) >= 11 is 0. The van der Waals surface area contributed by atoms with Crippen molar-refractivity contribution in [3.8, 4) is 0 Å². The van der Waals surface area contributed by atoms with Crippen molar-refractivity contribution >= 4 is 21.4 Å². The molecule has 0 saturated carbocycles. The van der Waals surface area contributed by atoms with Gasteiger partial charge >= 0.3 is 0 Å². The maximum absolute atomic E-state index is 13.4. The van der Waals surface area contributed by atoms with E-state index in [1.165, 1.54) is 28.6 Å². The Kier molecular flexibility index (Phi) is 8.68. The van der Waals surface area contributed by atoms with Gasteiger partial charge in [0.15, 0.2) is 11.1 Å². The molecule has 9 heteroatoms. The van der Waals surface area contributed by atoms with Crippen molar-refractivity contribution < 1.29 is 22.0 Å². The molecule has 0 bridgehead atoms. The van der Waals surface area contributed by atoms with Crippen molar-refractivity contribution in [2.24, 2.45) is 10.1 Å². The first-order chi connectivity index (χ1) is 16.2. The molecule has 0 amide bonds. The highest BCUT2D eigenvalue weighted by Crippen LogP contribution is 2.28. The molecule has 1 heterocycles. The van der Waals surface area contributed by atoms with Crippen LogP contribution < -0.4 is 0 Å². The van der Waals surface area contributed by atoms with E-state index in [0.29, 0.717) is 36.1 Å². The lowest BCUT2D eigenvalue weighted by molar-refractivity contribution is 0.0856. The number of hydrogen-bond acceptors (Lipinski definition) is 5. The molecule has 34 heavy (non-hydrogen) atoms. The van der Waals surface area contributed by atoms with E-state index in [1.54, 1.807) is 44.2 Å². The first kappa shape index (κ1) is 25.7. The summed E-state index contributed by atoms with van der Waals surface area (Å²) in [5, 5.41) is 4.36. The molecule has 1 aliphatic rings. The zero-order valence-corrected chi connectivity index (χ0v) is 20.4. The molecule has 3 rings (SSSR count). The minimum Gasteiger partial charge on any atom is -0.383 e. The van der Waals surface area contributed by atoms with E-state index in [-0.39, 0.29) is 29.8 Å². The van der Waals surface area contributed by atoms with E-state index in [0.717, 1.165) is 5.71 Å². The van der Waals surface area contributed by atoms with E-state index in [2.05, 4.69) is 10.1 Å². The van der Waals surface area contributed by atoms with Gasteiger partial charge in [0.2, 0.25) is 0 Å². The first-order valence-electron chi connectivity index (χ1n) is 11.2. The number of sulfonamides is 1. The van der Waals surface area contributed by atoms with Gasteiger partial charge in [0.05, 0.1) is 5.71 Å². The molecule has 1 fully saturated rings. The number of benzene rings is 2. The van der Waals surface area contributed by atoms with E-state index in [1.807, 2.05) is 6.92 Å². The molecule has 1 saturated heterocycles. The Morgan fingerprint density at radius 3 is 1.94 bits per heavy atom. The minimum atomic E-state index is -3.69. The van der Waals surface area contributed by atoms with Crippen LogP contribution in [-0.4, -0.2) is 37.2 Å². The van der Waals surface area contributed by atoms with Crippen molar-refractivity contribution in [3.63, 3.8) is 0 Å². The highest BCUT2D eigenvalue weighted by atomic mass is 32.2. The second-order valence-electron chi connectivity index (χ2n) is 8.16. The lowest BCUT2D eigenvalue weighted by atomic mass is 10.0. The minimum absolute atomic E-state index is 0.0688. The van der Waals surface area contributed by atoms with Crippen molar-refractivity contribution in [3.05, 3.63) is 82.4 Å². The predicted molar refractivity (Wildman–Crippen MR) is 130 cm³/mol. The van der Waals surface area contributed by atoms with Gasteiger partial charge in [-0.05, 0) is 61.7 Å². The Balaban J connectivity index is 1.75. The Hall–Kier alpha value is -2.91. The molecule has 0 N–H and O–H groups in total. The van der Waals surface area contributed by atoms with Crippen LogP contribution in [0, 0.1) is 11.6 Å². The summed E-state index contributed by atoms with van der Waals surface area (Å²) in [6.45, 7) is 5.92. The molecule has 2 aromatic carbocycles. The van der Waals surface area contributed by atoms with E-state index < -0.39 is 16.1 Å². The highest BCUT2D eigenvalue weighted by molar-refractivity contribution is 7.93. The number of aliphatic imine (C=N–C) groups is 1. The molecule has 0 aromatic heterocycles. The van der Waals surface area contributed by atoms with Crippen LogP contribution in [0.2, 0.25) is 0 Å². The van der Waals surface area contributed by atoms with Crippen LogP contribution in [-0.2, 0) is 14.9 Å². The molecule has 0 spiro atoms. The van der Waals surface area contributed by atoms with Crippen LogP contribution in [0.3, 0.4) is 0 Å². The number of halogens is 2. The van der Waals surface area contributed by atoms with E-state index in [4.69, 9.17) is 4.84 Å². The lowest BCUT2D eigenvalue weighted by Crippen LogP contribution is -2.39. The monoisotopic (exact) mass is 489 g/mol. The summed E-state index contributed by atoms with van der Waals surface area (Å²) in [4.78, 5) is 10.0. The summed E-state index contributed by atoms with van der Waals surface area (Å²) in [7, 11) is -3.69. The largest absolute Gasteiger partial charge is 0.383 e. The molecule has 0 unspecified atom stereocenters. The molecule has 0 radical (unpaired) electrons. The van der Waals surface area contributed by atoms with Crippen LogP contribution >= 0.6 is 0 Å². The maximum Gasteiger partial charge on any atom is 0.260 e. The number of allylic oxidation sites excluding steroid dienone is 1. The Labute approximate surface area is 199 Å². The second-order valence-corrected chi connectivity index (χ2v) is 10.0. The molecular weight excluding hydrogens is 460 g/mol. The predicted octanol–water partition coefficient (Wildman–Crippen LogP) is 5.58. The third-order valence-corrected chi connectivity index (χ3v) is 7.08. The zero-order chi connectivity index (χ0) is 24.7. The van der Waals surface area contributed by atoms with Crippen LogP contribution in [0.4, 0.5) is 8.78 Å². The molecular formula is C25H29F2N3O3S. The normalized spacial score (nSPS) is 15.4. The van der Waals surface area contributed by atoms with Gasteiger partial charge in [-0.25, -0.2) is 22.2 Å². The molecule has 0 aliphatic carbocycles. The third-order valence-electron chi connectivity index (χ3n) is 5.25. The number of rotatable bonds is 8. The fourth-order valence-corrected chi connectivity index (χ4v) is 5.13. The fraction of sp³-hybridized carbons (Fsp3) is 0.360. The molecule has 182 valence electrons. The molecule has 0 atom stereocenters. The number of nitrogens with zero attached hydrogens (tertiary/aromatic N) is 3. The van der Waals surface area contributed by atoms with Crippen molar-refractivity contribution in [1.29, 1.82) is 0 Å². The van der Waals surface area contributed by atoms with Crippen molar-refractivity contribution in [1.82, 2.24) is 4.31 Å². The molecule has 2 aromatic rings. The van der Waals surface area contributed by atoms with E-state index in [9.17, 15) is 17.2 Å². The summed E-state index contributed by atoms with van der Waals surface area (Å²) in [5.74, 6) is -0.749. The first-order valence-corrected chi connectivity index (χ1v) is 12.6. The number of oxime groups is 1. The van der Waals surface area contributed by atoms with Crippen LogP contribution in [0.1, 0.15) is 57.3 Å². The van der Waals surface area contributed by atoms with Gasteiger partial charge in [-0.1, -0.05) is 36.3 Å². The van der Waals surface area contributed by atoms with Gasteiger partial charge in [0, 0.05) is 31.6 Å². The summed E-state index contributed by atoms with van der Waals surface area (Å²) in [6.07, 6.45) is 2.34. The van der Waals surface area contributed by atoms with Gasteiger partial charge in [0.25, 0.3) is 10.0 Å². The van der Waals surface area contributed by atoms with Crippen molar-refractivity contribution in [2.75, 3.05) is 13.1 Å². The quantitative estimate of drug-likeness (QED) is 0.359. The number of hydrogen-bond donors (Lipinski definition) is 0. The molecule has 6 nitrogen and oxygen atoms in total. The number of piperidine rings is 1. The Morgan fingerprint density at radius 1 is 1.00 bits per heavy atom. The topological polar surface area (TPSA) is 71.3 Å². The summed E-state index contributed by atoms with van der Waals surface area (Å²) in [6, 6.07) is 11.7. The maximum atomic E-state index is 13.4.